The first-order valence-electron chi connectivity index (χ1n) is 6.51. The third kappa shape index (κ3) is 2.25. The number of terminal acetylenes is 1. The number of fused-ring (bicyclic) bond motifs is 1. The van der Waals surface area contributed by atoms with E-state index in [1.165, 1.54) is 0 Å². The van der Waals surface area contributed by atoms with Gasteiger partial charge in [-0.2, -0.15) is 15.4 Å². The number of primary amides is 1. The van der Waals surface area contributed by atoms with Gasteiger partial charge in [0.1, 0.15) is 18.1 Å². The molecular weight excluding hydrogens is 280 g/mol. The minimum atomic E-state index is -0.667. The van der Waals surface area contributed by atoms with Crippen molar-refractivity contribution in [1.29, 1.82) is 0 Å². The molecule has 0 saturated heterocycles. The average molecular weight is 292 g/mol. The summed E-state index contributed by atoms with van der Waals surface area (Å²) < 4.78 is 5.58. The molecule has 22 heavy (non-hydrogen) atoms. The van der Waals surface area contributed by atoms with Gasteiger partial charge >= 0.3 is 0 Å². The van der Waals surface area contributed by atoms with Gasteiger partial charge in [0.15, 0.2) is 5.69 Å². The topological polar surface area (TPSA) is 93.9 Å². The second-order valence-electron chi connectivity index (χ2n) is 4.54. The van der Waals surface area contributed by atoms with Crippen molar-refractivity contribution in [2.75, 3.05) is 6.61 Å². The molecule has 3 rings (SSSR count). The van der Waals surface area contributed by atoms with Crippen molar-refractivity contribution in [1.82, 2.24) is 15.4 Å². The first kappa shape index (κ1) is 13.6. The Morgan fingerprint density at radius 2 is 2.09 bits per heavy atom. The SMILES string of the molecule is C#CCOc1ccc2ccccc2c1-c1n[nH]nc1C(N)=O. The molecule has 108 valence electrons. The molecule has 0 aliphatic heterocycles. The van der Waals surface area contributed by atoms with Crippen LogP contribution in [0.15, 0.2) is 36.4 Å². The summed E-state index contributed by atoms with van der Waals surface area (Å²) in [5, 5.41) is 12.1. The first-order valence-corrected chi connectivity index (χ1v) is 6.51. The van der Waals surface area contributed by atoms with E-state index in [1.807, 2.05) is 30.3 Å². The number of aromatic amines is 1. The number of H-pyrrole nitrogens is 1. The molecule has 0 atom stereocenters. The summed E-state index contributed by atoms with van der Waals surface area (Å²) in [4.78, 5) is 11.5. The fraction of sp³-hybridized carbons (Fsp3) is 0.0625. The number of ether oxygens (including phenoxy) is 1. The second-order valence-corrected chi connectivity index (χ2v) is 4.54. The van der Waals surface area contributed by atoms with E-state index in [9.17, 15) is 4.79 Å². The van der Waals surface area contributed by atoms with Gasteiger partial charge in [0.05, 0.1) is 5.56 Å². The lowest BCUT2D eigenvalue weighted by atomic mass is 9.99. The first-order chi connectivity index (χ1) is 10.7. The van der Waals surface area contributed by atoms with Crippen LogP contribution in [-0.4, -0.2) is 27.9 Å². The van der Waals surface area contributed by atoms with Crippen molar-refractivity contribution in [3.8, 4) is 29.4 Å². The lowest BCUT2D eigenvalue weighted by Gasteiger charge is -2.11. The van der Waals surface area contributed by atoms with Crippen LogP contribution in [0.2, 0.25) is 0 Å². The Labute approximate surface area is 126 Å². The second kappa shape index (κ2) is 5.58. The van der Waals surface area contributed by atoms with Crippen molar-refractivity contribution in [2.24, 2.45) is 5.73 Å². The van der Waals surface area contributed by atoms with Crippen LogP contribution < -0.4 is 10.5 Å². The van der Waals surface area contributed by atoms with E-state index in [1.54, 1.807) is 6.07 Å². The molecule has 1 heterocycles. The highest BCUT2D eigenvalue weighted by molar-refractivity contribution is 6.05. The Hall–Kier alpha value is -3.33. The van der Waals surface area contributed by atoms with Crippen LogP contribution in [0.3, 0.4) is 0 Å². The van der Waals surface area contributed by atoms with Gasteiger partial charge in [0.25, 0.3) is 5.91 Å². The molecule has 6 nitrogen and oxygen atoms in total. The van der Waals surface area contributed by atoms with Crippen molar-refractivity contribution >= 4 is 16.7 Å². The predicted octanol–water partition coefficient (Wildman–Crippen LogP) is 1.74. The zero-order chi connectivity index (χ0) is 15.5. The summed E-state index contributed by atoms with van der Waals surface area (Å²) in [5.41, 5.74) is 6.39. The Morgan fingerprint density at radius 3 is 2.86 bits per heavy atom. The molecule has 0 bridgehead atoms. The van der Waals surface area contributed by atoms with Crippen LogP contribution in [0.25, 0.3) is 22.0 Å². The summed E-state index contributed by atoms with van der Waals surface area (Å²) in [6, 6.07) is 11.4. The fourth-order valence-corrected chi connectivity index (χ4v) is 2.31. The maximum absolute atomic E-state index is 11.5. The van der Waals surface area contributed by atoms with Gasteiger partial charge in [0.2, 0.25) is 0 Å². The summed E-state index contributed by atoms with van der Waals surface area (Å²) in [5.74, 6) is 2.27. The fourth-order valence-electron chi connectivity index (χ4n) is 2.31. The number of benzene rings is 2. The summed E-state index contributed by atoms with van der Waals surface area (Å²) >= 11 is 0. The van der Waals surface area contributed by atoms with E-state index in [0.717, 1.165) is 10.8 Å². The van der Waals surface area contributed by atoms with E-state index >= 15 is 0 Å². The number of rotatable bonds is 4. The zero-order valence-corrected chi connectivity index (χ0v) is 11.5. The number of hydrogen-bond donors (Lipinski definition) is 2. The number of amides is 1. The molecule has 0 spiro atoms. The molecule has 3 N–H and O–H groups in total. The Kier molecular flexibility index (Phi) is 3.46. The van der Waals surface area contributed by atoms with E-state index in [-0.39, 0.29) is 12.3 Å². The highest BCUT2D eigenvalue weighted by atomic mass is 16.5. The summed E-state index contributed by atoms with van der Waals surface area (Å²) in [7, 11) is 0. The van der Waals surface area contributed by atoms with Gasteiger partial charge in [0, 0.05) is 0 Å². The van der Waals surface area contributed by atoms with Crippen LogP contribution in [0.4, 0.5) is 0 Å². The van der Waals surface area contributed by atoms with Crippen molar-refractivity contribution in [3.63, 3.8) is 0 Å². The third-order valence-corrected chi connectivity index (χ3v) is 3.22. The zero-order valence-electron chi connectivity index (χ0n) is 11.5. The molecule has 0 unspecified atom stereocenters. The largest absolute Gasteiger partial charge is 0.480 e. The van der Waals surface area contributed by atoms with Gasteiger partial charge in [-0.05, 0) is 16.8 Å². The van der Waals surface area contributed by atoms with E-state index in [4.69, 9.17) is 16.9 Å². The summed E-state index contributed by atoms with van der Waals surface area (Å²) in [6.07, 6.45) is 5.25. The molecule has 6 heteroatoms. The monoisotopic (exact) mass is 292 g/mol. The highest BCUT2D eigenvalue weighted by Crippen LogP contribution is 2.37. The number of nitrogens with one attached hydrogen (secondary N) is 1. The van der Waals surface area contributed by atoms with E-state index in [2.05, 4.69) is 21.3 Å². The Bertz CT molecular complexity index is 893. The standard InChI is InChI=1S/C16H12N4O2/c1-2-9-22-12-8-7-10-5-3-4-6-11(10)13(12)14-15(16(17)21)19-20-18-14/h1,3-8H,9H2,(H2,17,21)(H,18,19,20). The van der Waals surface area contributed by atoms with Gasteiger partial charge in [-0.25, -0.2) is 0 Å². The van der Waals surface area contributed by atoms with Crippen molar-refractivity contribution < 1.29 is 9.53 Å². The third-order valence-electron chi connectivity index (χ3n) is 3.22. The quantitative estimate of drug-likeness (QED) is 0.716. The minimum absolute atomic E-state index is 0.0573. The predicted molar refractivity (Wildman–Crippen MR) is 82.2 cm³/mol. The number of nitrogens with zero attached hydrogens (tertiary/aromatic N) is 2. The van der Waals surface area contributed by atoms with Gasteiger partial charge in [-0.1, -0.05) is 36.3 Å². The van der Waals surface area contributed by atoms with Gasteiger partial charge in [-0.15, -0.1) is 6.42 Å². The van der Waals surface area contributed by atoms with Crippen molar-refractivity contribution in [3.05, 3.63) is 42.1 Å². The molecule has 0 radical (unpaired) electrons. The maximum atomic E-state index is 11.5. The maximum Gasteiger partial charge on any atom is 0.271 e. The van der Waals surface area contributed by atoms with Crippen LogP contribution >= 0.6 is 0 Å². The molecular formula is C16H12N4O2. The number of nitrogens with two attached hydrogens (primary N) is 1. The van der Waals surface area contributed by atoms with Crippen LogP contribution in [0, 0.1) is 12.3 Å². The Morgan fingerprint density at radius 1 is 1.27 bits per heavy atom. The number of hydrogen-bond acceptors (Lipinski definition) is 4. The Balaban J connectivity index is 2.31. The van der Waals surface area contributed by atoms with E-state index < -0.39 is 5.91 Å². The molecule has 0 fully saturated rings. The summed E-state index contributed by atoms with van der Waals surface area (Å²) in [6.45, 7) is 0.106. The molecule has 1 amide bonds. The van der Waals surface area contributed by atoms with Gasteiger partial charge < -0.3 is 10.5 Å². The molecule has 0 aliphatic carbocycles. The minimum Gasteiger partial charge on any atom is -0.480 e. The van der Waals surface area contributed by atoms with Crippen LogP contribution in [-0.2, 0) is 0 Å². The van der Waals surface area contributed by atoms with Gasteiger partial charge in [-0.3, -0.25) is 4.79 Å². The molecule has 2 aromatic carbocycles. The highest BCUT2D eigenvalue weighted by Gasteiger charge is 2.21. The number of aromatic nitrogens is 3. The number of carbonyl (C=O) groups is 1. The van der Waals surface area contributed by atoms with Crippen LogP contribution in [0.1, 0.15) is 10.5 Å². The lowest BCUT2D eigenvalue weighted by molar-refractivity contribution is 0.0996. The number of carbonyl (C=O) groups excluding carboxylic acids is 1. The van der Waals surface area contributed by atoms with E-state index in [0.29, 0.717) is 17.0 Å². The lowest BCUT2D eigenvalue weighted by Crippen LogP contribution is -2.13. The molecule has 0 aliphatic rings. The average Bonchev–Trinajstić information content (AvgIpc) is 3.01. The molecule has 0 saturated carbocycles. The molecule has 1 aromatic heterocycles. The smallest absolute Gasteiger partial charge is 0.271 e. The molecule has 3 aromatic rings. The van der Waals surface area contributed by atoms with Crippen LogP contribution in [0.5, 0.6) is 5.75 Å². The van der Waals surface area contributed by atoms with Crippen molar-refractivity contribution in [2.45, 2.75) is 0 Å². The normalized spacial score (nSPS) is 10.3.